The first-order valence-electron chi connectivity index (χ1n) is 5.17. The van der Waals surface area contributed by atoms with Crippen LogP contribution in [0, 0.1) is 5.41 Å². The van der Waals surface area contributed by atoms with Crippen molar-refractivity contribution < 1.29 is 9.84 Å². The predicted molar refractivity (Wildman–Crippen MR) is 63.3 cm³/mol. The molecule has 4 heteroatoms. The molecule has 1 aromatic heterocycles. The fourth-order valence-electron chi connectivity index (χ4n) is 2.53. The van der Waals surface area contributed by atoms with Gasteiger partial charge in [-0.15, -0.1) is 11.3 Å². The molecule has 1 saturated carbocycles. The smallest absolute Gasteiger partial charge is 0.0701 e. The lowest BCUT2D eigenvalue weighted by Crippen LogP contribution is -2.54. The highest BCUT2D eigenvalue weighted by Gasteiger charge is 2.63. The average molecular weight is 289 g/mol. The summed E-state index contributed by atoms with van der Waals surface area (Å²) in [7, 11) is 0. The van der Waals surface area contributed by atoms with Crippen LogP contribution in [0.25, 0.3) is 0 Å². The van der Waals surface area contributed by atoms with Crippen LogP contribution < -0.4 is 0 Å². The molecule has 1 aliphatic carbocycles. The normalized spacial score (nSPS) is 26.0. The van der Waals surface area contributed by atoms with Crippen molar-refractivity contribution in [1.29, 1.82) is 0 Å². The van der Waals surface area contributed by atoms with Gasteiger partial charge >= 0.3 is 0 Å². The number of halogens is 1. The summed E-state index contributed by atoms with van der Waals surface area (Å²) < 4.78 is 6.57. The molecule has 1 saturated heterocycles. The Morgan fingerprint density at radius 2 is 2.13 bits per heavy atom. The highest BCUT2D eigenvalue weighted by molar-refractivity contribution is 9.11. The van der Waals surface area contributed by atoms with E-state index in [2.05, 4.69) is 28.1 Å². The van der Waals surface area contributed by atoms with Crippen LogP contribution in [-0.2, 0) is 10.2 Å². The summed E-state index contributed by atoms with van der Waals surface area (Å²) in [5, 5.41) is 9.56. The Kier molecular flexibility index (Phi) is 2.26. The van der Waals surface area contributed by atoms with E-state index in [4.69, 9.17) is 4.74 Å². The number of aliphatic hydroxyl groups excluding tert-OH is 1. The van der Waals surface area contributed by atoms with Crippen molar-refractivity contribution >= 4 is 27.3 Å². The zero-order chi connectivity index (χ0) is 10.5. The summed E-state index contributed by atoms with van der Waals surface area (Å²) >= 11 is 5.28. The molecule has 1 aromatic rings. The Morgan fingerprint density at radius 3 is 2.47 bits per heavy atom. The first kappa shape index (κ1) is 10.3. The van der Waals surface area contributed by atoms with Crippen LogP contribution in [-0.4, -0.2) is 24.9 Å². The number of hydrogen-bond acceptors (Lipinski definition) is 3. The summed E-state index contributed by atoms with van der Waals surface area (Å²) in [5.41, 5.74) is 0.230. The number of aliphatic hydroxyl groups is 1. The van der Waals surface area contributed by atoms with Crippen LogP contribution in [0.4, 0.5) is 0 Å². The lowest BCUT2D eigenvalue weighted by molar-refractivity contribution is -0.108. The molecule has 2 heterocycles. The lowest BCUT2D eigenvalue weighted by atomic mass is 9.70. The van der Waals surface area contributed by atoms with Crippen LogP contribution in [0.1, 0.15) is 17.7 Å². The van der Waals surface area contributed by atoms with Gasteiger partial charge in [-0.1, -0.05) is 0 Å². The molecule has 2 nitrogen and oxygen atoms in total. The molecule has 0 radical (unpaired) electrons. The molecule has 3 rings (SSSR count). The maximum atomic E-state index is 9.56. The fourth-order valence-corrected chi connectivity index (χ4v) is 4.19. The van der Waals surface area contributed by atoms with Crippen molar-refractivity contribution in [3.8, 4) is 0 Å². The Labute approximate surface area is 101 Å². The second-order valence-corrected chi connectivity index (χ2v) is 7.08. The number of hydrogen-bond donors (Lipinski definition) is 1. The quantitative estimate of drug-likeness (QED) is 0.926. The molecule has 82 valence electrons. The van der Waals surface area contributed by atoms with Gasteiger partial charge in [0.25, 0.3) is 0 Å². The average Bonchev–Trinajstić information content (AvgIpc) is 2.83. The second-order valence-electron chi connectivity index (χ2n) is 4.62. The molecule has 2 aliphatic rings. The van der Waals surface area contributed by atoms with E-state index in [1.807, 2.05) is 0 Å². The summed E-state index contributed by atoms with van der Waals surface area (Å²) in [5.74, 6) is 0. The van der Waals surface area contributed by atoms with E-state index >= 15 is 0 Å². The molecule has 0 aromatic carbocycles. The molecular weight excluding hydrogens is 276 g/mol. The highest BCUT2D eigenvalue weighted by Crippen LogP contribution is 2.63. The van der Waals surface area contributed by atoms with E-state index in [-0.39, 0.29) is 10.8 Å². The maximum absolute atomic E-state index is 9.56. The zero-order valence-corrected chi connectivity index (χ0v) is 10.7. The van der Waals surface area contributed by atoms with Crippen molar-refractivity contribution in [2.45, 2.75) is 18.3 Å². The predicted octanol–water partition coefficient (Wildman–Crippen LogP) is 2.55. The first-order valence-corrected chi connectivity index (χ1v) is 6.78. The van der Waals surface area contributed by atoms with Gasteiger partial charge in [0.15, 0.2) is 0 Å². The van der Waals surface area contributed by atoms with Gasteiger partial charge in [-0.05, 0) is 40.9 Å². The first-order chi connectivity index (χ1) is 7.22. The standard InChI is InChI=1S/C11H13BrO2S/c12-9-2-1-8(15-9)11(6-14-7-11)10(5-13)3-4-10/h1-2,13H,3-7H2. The van der Waals surface area contributed by atoms with E-state index in [1.165, 1.54) is 4.88 Å². The monoisotopic (exact) mass is 288 g/mol. The number of thiophene rings is 1. The van der Waals surface area contributed by atoms with Crippen molar-refractivity contribution in [2.75, 3.05) is 19.8 Å². The Hall–Kier alpha value is 0.1000. The van der Waals surface area contributed by atoms with Gasteiger partial charge in [0.2, 0.25) is 0 Å². The van der Waals surface area contributed by atoms with Crippen molar-refractivity contribution in [1.82, 2.24) is 0 Å². The van der Waals surface area contributed by atoms with E-state index in [0.717, 1.165) is 29.8 Å². The third-order valence-corrected chi connectivity index (χ3v) is 5.74. The second kappa shape index (κ2) is 3.29. The minimum absolute atomic E-state index is 0.110. The van der Waals surface area contributed by atoms with E-state index in [0.29, 0.717) is 6.61 Å². The summed E-state index contributed by atoms with van der Waals surface area (Å²) in [4.78, 5) is 1.37. The molecule has 0 unspecified atom stereocenters. The third-order valence-electron chi connectivity index (χ3n) is 3.91. The maximum Gasteiger partial charge on any atom is 0.0701 e. The van der Waals surface area contributed by atoms with Gasteiger partial charge in [-0.25, -0.2) is 0 Å². The van der Waals surface area contributed by atoms with Gasteiger partial charge in [0.05, 0.1) is 22.4 Å². The minimum atomic E-state index is 0.110. The van der Waals surface area contributed by atoms with Crippen LogP contribution in [0.5, 0.6) is 0 Å². The lowest BCUT2D eigenvalue weighted by Gasteiger charge is -2.47. The van der Waals surface area contributed by atoms with Crippen LogP contribution in [0.3, 0.4) is 0 Å². The van der Waals surface area contributed by atoms with Crippen LogP contribution in [0.15, 0.2) is 15.9 Å². The van der Waals surface area contributed by atoms with E-state index < -0.39 is 0 Å². The van der Waals surface area contributed by atoms with Gasteiger partial charge in [-0.3, -0.25) is 0 Å². The van der Waals surface area contributed by atoms with Crippen molar-refractivity contribution in [3.63, 3.8) is 0 Å². The third kappa shape index (κ3) is 1.28. The molecule has 0 bridgehead atoms. The number of ether oxygens (including phenoxy) is 1. The molecular formula is C11H13BrO2S. The Morgan fingerprint density at radius 1 is 1.40 bits per heavy atom. The van der Waals surface area contributed by atoms with E-state index in [9.17, 15) is 5.11 Å². The van der Waals surface area contributed by atoms with Gasteiger partial charge in [0.1, 0.15) is 0 Å². The molecule has 0 spiro atoms. The van der Waals surface area contributed by atoms with Crippen LogP contribution >= 0.6 is 27.3 Å². The minimum Gasteiger partial charge on any atom is -0.396 e. The molecule has 1 N–H and O–H groups in total. The number of rotatable bonds is 3. The van der Waals surface area contributed by atoms with Gasteiger partial charge in [0, 0.05) is 16.9 Å². The van der Waals surface area contributed by atoms with Crippen LogP contribution in [0.2, 0.25) is 0 Å². The Bertz CT molecular complexity index is 380. The fraction of sp³-hybridized carbons (Fsp3) is 0.636. The highest BCUT2D eigenvalue weighted by atomic mass is 79.9. The summed E-state index contributed by atoms with van der Waals surface area (Å²) in [6.07, 6.45) is 2.28. The van der Waals surface area contributed by atoms with Gasteiger partial charge < -0.3 is 9.84 Å². The van der Waals surface area contributed by atoms with E-state index in [1.54, 1.807) is 11.3 Å². The Balaban J connectivity index is 1.99. The molecule has 0 amide bonds. The zero-order valence-electron chi connectivity index (χ0n) is 8.33. The molecule has 1 aliphatic heterocycles. The largest absolute Gasteiger partial charge is 0.396 e. The molecule has 15 heavy (non-hydrogen) atoms. The topological polar surface area (TPSA) is 29.5 Å². The van der Waals surface area contributed by atoms with Gasteiger partial charge in [-0.2, -0.15) is 0 Å². The summed E-state index contributed by atoms with van der Waals surface area (Å²) in [6, 6.07) is 4.26. The summed E-state index contributed by atoms with van der Waals surface area (Å²) in [6.45, 7) is 1.85. The van der Waals surface area contributed by atoms with Crippen molar-refractivity contribution in [3.05, 3.63) is 20.8 Å². The molecule has 2 fully saturated rings. The van der Waals surface area contributed by atoms with Crippen molar-refractivity contribution in [2.24, 2.45) is 5.41 Å². The molecule has 0 atom stereocenters. The SMILES string of the molecule is OCC1(C2(c3ccc(Br)s3)COC2)CC1.